The van der Waals surface area contributed by atoms with Crippen molar-refractivity contribution in [3.8, 4) is 0 Å². The number of Topliss-reactive ketones (excluding diaryl/α,β-unsaturated/α-hetero) is 1. The lowest BCUT2D eigenvalue weighted by Crippen LogP contribution is -2.11. The van der Waals surface area contributed by atoms with Gasteiger partial charge in [-0.15, -0.1) is 0 Å². The monoisotopic (exact) mass is 147 g/mol. The lowest BCUT2D eigenvalue weighted by atomic mass is 10.2. The summed E-state index contributed by atoms with van der Waals surface area (Å²) < 4.78 is 0. The van der Waals surface area contributed by atoms with Crippen LogP contribution in [0.2, 0.25) is 0 Å². The van der Waals surface area contributed by atoms with Crippen molar-refractivity contribution in [1.82, 2.24) is 0 Å². The van der Waals surface area contributed by atoms with Crippen molar-refractivity contribution in [2.75, 3.05) is 6.54 Å². The van der Waals surface area contributed by atoms with Crippen LogP contribution >= 0.6 is 0 Å². The molecule has 0 aromatic heterocycles. The Morgan fingerprint density at radius 1 is 1.40 bits per heavy atom. The van der Waals surface area contributed by atoms with E-state index < -0.39 is 12.4 Å². The van der Waals surface area contributed by atoms with Gasteiger partial charge < -0.3 is 10.8 Å². The second-order valence-corrected chi connectivity index (χ2v) is 1.65. The molecule has 60 valence electrons. The van der Waals surface area contributed by atoms with E-state index in [1.165, 1.54) is 0 Å². The molecule has 0 saturated heterocycles. The highest BCUT2D eigenvalue weighted by Crippen LogP contribution is 1.86. The molecule has 0 aromatic carbocycles. The van der Waals surface area contributed by atoms with Crippen LogP contribution in [0.4, 0.5) is 0 Å². The van der Waals surface area contributed by atoms with E-state index in [9.17, 15) is 9.59 Å². The summed E-state index contributed by atoms with van der Waals surface area (Å²) >= 11 is 0. The predicted octanol–water partition coefficient (Wildman–Crippen LogP) is 0.0151. The molecule has 0 amide bonds. The standard InChI is InChI=1S/C5H9NO3.CH4/c6-2-1-4(7)3-5(8)9;/h1-3,6H2,(H,8,9);1H4. The van der Waals surface area contributed by atoms with Gasteiger partial charge in [0, 0.05) is 6.42 Å². The molecule has 0 aliphatic heterocycles. The Balaban J connectivity index is 0. The number of carbonyl (C=O) groups is 2. The van der Waals surface area contributed by atoms with E-state index in [1.807, 2.05) is 0 Å². The van der Waals surface area contributed by atoms with Crippen molar-refractivity contribution in [3.63, 3.8) is 0 Å². The van der Waals surface area contributed by atoms with Crippen LogP contribution in [-0.4, -0.2) is 23.4 Å². The first-order valence-corrected chi connectivity index (χ1v) is 2.60. The fourth-order valence-corrected chi connectivity index (χ4v) is 0.418. The summed E-state index contributed by atoms with van der Waals surface area (Å²) in [6, 6.07) is 0. The molecule has 0 atom stereocenters. The molecule has 0 heterocycles. The molecule has 0 unspecified atom stereocenters. The SMILES string of the molecule is C.NCCC(=O)CC(=O)O. The van der Waals surface area contributed by atoms with Gasteiger partial charge in [-0.3, -0.25) is 9.59 Å². The van der Waals surface area contributed by atoms with Gasteiger partial charge in [-0.05, 0) is 6.54 Å². The minimum Gasteiger partial charge on any atom is -0.481 e. The van der Waals surface area contributed by atoms with Crippen molar-refractivity contribution in [3.05, 3.63) is 0 Å². The fourth-order valence-electron chi connectivity index (χ4n) is 0.418. The average molecular weight is 147 g/mol. The van der Waals surface area contributed by atoms with Crippen LogP contribution in [-0.2, 0) is 9.59 Å². The highest BCUT2D eigenvalue weighted by molar-refractivity contribution is 5.94. The van der Waals surface area contributed by atoms with Gasteiger partial charge in [0.15, 0.2) is 0 Å². The molecular weight excluding hydrogens is 134 g/mol. The van der Waals surface area contributed by atoms with E-state index in [2.05, 4.69) is 0 Å². The lowest BCUT2D eigenvalue weighted by Gasteiger charge is -1.90. The Hall–Kier alpha value is -0.900. The van der Waals surface area contributed by atoms with Crippen molar-refractivity contribution < 1.29 is 14.7 Å². The maximum absolute atomic E-state index is 10.4. The molecular formula is C6H13NO3. The molecule has 0 aliphatic carbocycles. The van der Waals surface area contributed by atoms with Gasteiger partial charge in [0.2, 0.25) is 0 Å². The minimum absolute atomic E-state index is 0. The zero-order valence-electron chi connectivity index (χ0n) is 4.96. The number of carboxylic acid groups (broad SMARTS) is 1. The van der Waals surface area contributed by atoms with E-state index in [1.54, 1.807) is 0 Å². The van der Waals surface area contributed by atoms with E-state index in [-0.39, 0.29) is 26.2 Å². The lowest BCUT2D eigenvalue weighted by molar-refractivity contribution is -0.140. The van der Waals surface area contributed by atoms with Crippen molar-refractivity contribution in [1.29, 1.82) is 0 Å². The first-order chi connectivity index (χ1) is 4.16. The highest BCUT2D eigenvalue weighted by atomic mass is 16.4. The number of carboxylic acids is 1. The van der Waals surface area contributed by atoms with E-state index in [4.69, 9.17) is 10.8 Å². The van der Waals surface area contributed by atoms with Crippen LogP contribution in [0.3, 0.4) is 0 Å². The molecule has 10 heavy (non-hydrogen) atoms. The third-order valence-electron chi connectivity index (χ3n) is 0.772. The third-order valence-corrected chi connectivity index (χ3v) is 0.772. The van der Waals surface area contributed by atoms with Crippen LogP contribution in [0.15, 0.2) is 0 Å². The summed E-state index contributed by atoms with van der Waals surface area (Å²) in [7, 11) is 0. The normalized spacial score (nSPS) is 8.10. The molecule has 3 N–H and O–H groups in total. The highest BCUT2D eigenvalue weighted by Gasteiger charge is 2.04. The van der Waals surface area contributed by atoms with Gasteiger partial charge in [-0.2, -0.15) is 0 Å². The molecule has 0 fully saturated rings. The summed E-state index contributed by atoms with van der Waals surface area (Å²) in [6.45, 7) is 0.228. The van der Waals surface area contributed by atoms with Gasteiger partial charge in [0.05, 0.1) is 0 Å². The summed E-state index contributed by atoms with van der Waals surface area (Å²) in [4.78, 5) is 20.2. The molecule has 0 spiro atoms. The Bertz CT molecular complexity index is 122. The maximum Gasteiger partial charge on any atom is 0.310 e. The van der Waals surface area contributed by atoms with Crippen LogP contribution in [0, 0.1) is 0 Å². The third kappa shape index (κ3) is 7.10. The van der Waals surface area contributed by atoms with Crippen LogP contribution in [0.25, 0.3) is 0 Å². The van der Waals surface area contributed by atoms with Gasteiger partial charge in [0.1, 0.15) is 12.2 Å². The zero-order valence-corrected chi connectivity index (χ0v) is 4.96. The molecule has 4 heteroatoms. The largest absolute Gasteiger partial charge is 0.481 e. The molecule has 0 rings (SSSR count). The number of nitrogens with two attached hydrogens (primary N) is 1. The number of aliphatic carboxylic acids is 1. The van der Waals surface area contributed by atoms with Crippen molar-refractivity contribution in [2.24, 2.45) is 5.73 Å². The Morgan fingerprint density at radius 3 is 2.20 bits per heavy atom. The second-order valence-electron chi connectivity index (χ2n) is 1.65. The quantitative estimate of drug-likeness (QED) is 0.549. The second kappa shape index (κ2) is 6.22. The number of carbonyl (C=O) groups excluding carboxylic acids is 1. The topological polar surface area (TPSA) is 80.4 Å². The minimum atomic E-state index is -1.09. The van der Waals surface area contributed by atoms with Gasteiger partial charge in [-0.25, -0.2) is 0 Å². The zero-order chi connectivity index (χ0) is 7.28. The number of ketones is 1. The Kier molecular flexibility index (Phi) is 7.37. The summed E-state index contributed by atoms with van der Waals surface area (Å²) in [5, 5.41) is 8.05. The number of hydrogen-bond acceptors (Lipinski definition) is 3. The summed E-state index contributed by atoms with van der Waals surface area (Å²) in [5.74, 6) is -1.40. The molecule has 0 aromatic rings. The molecule has 0 radical (unpaired) electrons. The molecule has 0 saturated carbocycles. The van der Waals surface area contributed by atoms with Gasteiger partial charge in [0.25, 0.3) is 0 Å². The number of hydrogen-bond donors (Lipinski definition) is 2. The summed E-state index contributed by atoms with van der Waals surface area (Å²) in [6.07, 6.45) is -0.247. The molecule has 0 bridgehead atoms. The Morgan fingerprint density at radius 2 is 1.90 bits per heavy atom. The van der Waals surface area contributed by atoms with E-state index >= 15 is 0 Å². The first-order valence-electron chi connectivity index (χ1n) is 2.60. The Labute approximate surface area is 60.0 Å². The van der Waals surface area contributed by atoms with Crippen LogP contribution in [0.5, 0.6) is 0 Å². The fraction of sp³-hybridized carbons (Fsp3) is 0.667. The van der Waals surface area contributed by atoms with E-state index in [0.29, 0.717) is 0 Å². The molecule has 4 nitrogen and oxygen atoms in total. The van der Waals surface area contributed by atoms with Crippen LogP contribution in [0.1, 0.15) is 20.3 Å². The summed E-state index contributed by atoms with van der Waals surface area (Å²) in [5.41, 5.74) is 4.99. The average Bonchev–Trinajstić information content (AvgIpc) is 1.63. The maximum atomic E-state index is 10.4. The number of rotatable bonds is 4. The van der Waals surface area contributed by atoms with Crippen molar-refractivity contribution in [2.45, 2.75) is 20.3 Å². The molecule has 0 aliphatic rings. The smallest absolute Gasteiger partial charge is 0.310 e. The van der Waals surface area contributed by atoms with Crippen molar-refractivity contribution >= 4 is 11.8 Å². The van der Waals surface area contributed by atoms with Gasteiger partial charge in [-0.1, -0.05) is 7.43 Å². The predicted molar refractivity (Wildman–Crippen MR) is 37.7 cm³/mol. The first kappa shape index (κ1) is 11.8. The van der Waals surface area contributed by atoms with Gasteiger partial charge >= 0.3 is 5.97 Å². The van der Waals surface area contributed by atoms with Crippen LogP contribution < -0.4 is 5.73 Å². The van der Waals surface area contributed by atoms with E-state index in [0.717, 1.165) is 0 Å².